The molecule has 2 amide bonds. The Morgan fingerprint density at radius 2 is 1.85 bits per heavy atom. The molecule has 0 bridgehead atoms. The molecule has 0 atom stereocenters. The number of thiazole rings is 2. The van der Waals surface area contributed by atoms with E-state index in [4.69, 9.17) is 8.83 Å². The van der Waals surface area contributed by atoms with Crippen LogP contribution in [0.25, 0.3) is 33.5 Å². The van der Waals surface area contributed by atoms with Crippen molar-refractivity contribution in [2.45, 2.75) is 13.5 Å². The fraction of sp³-hybridized carbons (Fsp3) is 0.0833. The Morgan fingerprint density at radius 1 is 1.00 bits per heavy atom. The molecule has 0 spiro atoms. The molecule has 0 aliphatic carbocycles. The maximum absolute atomic E-state index is 13.2. The van der Waals surface area contributed by atoms with Gasteiger partial charge in [-0.1, -0.05) is 30.3 Å². The molecule has 2 N–H and O–H groups in total. The topological polar surface area (TPSA) is 110 Å². The van der Waals surface area contributed by atoms with Crippen molar-refractivity contribution in [2.75, 3.05) is 5.32 Å². The zero-order chi connectivity index (χ0) is 23.5. The normalized spacial score (nSPS) is 10.9. The average molecular weight is 491 g/mol. The number of anilines is 1. The molecule has 170 valence electrons. The molecule has 0 aliphatic heterocycles. The highest BCUT2D eigenvalue weighted by Crippen LogP contribution is 2.35. The second-order valence-electron chi connectivity index (χ2n) is 7.21. The van der Waals surface area contributed by atoms with Crippen LogP contribution in [0, 0.1) is 0 Å². The molecule has 0 fully saturated rings. The Hall–Kier alpha value is -4.02. The minimum Gasteiger partial charge on any atom is -0.462 e. The van der Waals surface area contributed by atoms with Crippen LogP contribution in [0.15, 0.2) is 75.1 Å². The van der Waals surface area contributed by atoms with Crippen LogP contribution in [0.3, 0.4) is 0 Å². The largest absolute Gasteiger partial charge is 0.462 e. The number of nitrogens with one attached hydrogen (secondary N) is 2. The van der Waals surface area contributed by atoms with Gasteiger partial charge in [0.1, 0.15) is 16.3 Å². The van der Waals surface area contributed by atoms with Gasteiger partial charge in [0.15, 0.2) is 21.7 Å². The highest BCUT2D eigenvalue weighted by molar-refractivity contribution is 7.18. The van der Waals surface area contributed by atoms with Crippen molar-refractivity contribution in [3.63, 3.8) is 0 Å². The second-order valence-corrected chi connectivity index (χ2v) is 9.06. The van der Waals surface area contributed by atoms with E-state index in [1.165, 1.54) is 29.6 Å². The SMILES string of the molecule is CC(=O)NCc1ccc(-c2csc(NC(=O)c3sc(-c4ccco4)nc3-c3ccccc3)n2)o1. The molecule has 0 aliphatic rings. The van der Waals surface area contributed by atoms with Gasteiger partial charge in [-0.05, 0) is 24.3 Å². The molecule has 4 aromatic heterocycles. The van der Waals surface area contributed by atoms with Crippen molar-refractivity contribution >= 4 is 39.6 Å². The van der Waals surface area contributed by atoms with Crippen LogP contribution in [0.4, 0.5) is 5.13 Å². The molecule has 34 heavy (non-hydrogen) atoms. The third-order valence-corrected chi connectivity index (χ3v) is 6.59. The summed E-state index contributed by atoms with van der Waals surface area (Å²) in [6.07, 6.45) is 1.58. The zero-order valence-corrected chi connectivity index (χ0v) is 19.5. The Labute approximate surface area is 202 Å². The first-order chi connectivity index (χ1) is 16.6. The molecule has 10 heteroatoms. The highest BCUT2D eigenvalue weighted by Gasteiger charge is 2.22. The third kappa shape index (κ3) is 4.68. The summed E-state index contributed by atoms with van der Waals surface area (Å²) in [6.45, 7) is 1.75. The summed E-state index contributed by atoms with van der Waals surface area (Å²) >= 11 is 2.55. The van der Waals surface area contributed by atoms with E-state index >= 15 is 0 Å². The van der Waals surface area contributed by atoms with Crippen LogP contribution in [0.1, 0.15) is 22.4 Å². The lowest BCUT2D eigenvalue weighted by Crippen LogP contribution is -2.18. The Bertz CT molecular complexity index is 1430. The number of carbonyl (C=O) groups excluding carboxylic acids is 2. The lowest BCUT2D eigenvalue weighted by atomic mass is 10.1. The molecule has 0 saturated heterocycles. The summed E-state index contributed by atoms with van der Waals surface area (Å²) in [4.78, 5) is 33.9. The van der Waals surface area contributed by atoms with E-state index in [0.717, 1.165) is 5.56 Å². The van der Waals surface area contributed by atoms with Gasteiger partial charge in [0, 0.05) is 17.9 Å². The van der Waals surface area contributed by atoms with E-state index in [2.05, 4.69) is 20.6 Å². The smallest absolute Gasteiger partial charge is 0.269 e. The van der Waals surface area contributed by atoms with Crippen molar-refractivity contribution in [2.24, 2.45) is 0 Å². The maximum atomic E-state index is 13.2. The van der Waals surface area contributed by atoms with Crippen LogP contribution in [-0.4, -0.2) is 21.8 Å². The average Bonchev–Trinajstić information content (AvgIpc) is 3.64. The third-order valence-electron chi connectivity index (χ3n) is 4.76. The van der Waals surface area contributed by atoms with Crippen LogP contribution < -0.4 is 10.6 Å². The Kier molecular flexibility index (Phi) is 6.07. The lowest BCUT2D eigenvalue weighted by Gasteiger charge is -2.02. The van der Waals surface area contributed by atoms with Crippen molar-refractivity contribution in [1.29, 1.82) is 0 Å². The first kappa shape index (κ1) is 21.8. The predicted octanol–water partition coefficient (Wildman–Crippen LogP) is 5.68. The van der Waals surface area contributed by atoms with Crippen molar-refractivity contribution < 1.29 is 18.4 Å². The summed E-state index contributed by atoms with van der Waals surface area (Å²) in [5.41, 5.74) is 2.02. The van der Waals surface area contributed by atoms with E-state index in [0.29, 0.717) is 50.2 Å². The number of aromatic nitrogens is 2. The monoisotopic (exact) mass is 490 g/mol. The number of carbonyl (C=O) groups is 2. The molecule has 5 aromatic rings. The minimum atomic E-state index is -0.305. The number of amides is 2. The van der Waals surface area contributed by atoms with E-state index in [1.54, 1.807) is 29.8 Å². The molecular weight excluding hydrogens is 472 g/mol. The summed E-state index contributed by atoms with van der Waals surface area (Å²) in [5.74, 6) is 1.34. The van der Waals surface area contributed by atoms with E-state index in [9.17, 15) is 9.59 Å². The molecule has 0 unspecified atom stereocenters. The molecule has 5 rings (SSSR count). The lowest BCUT2D eigenvalue weighted by molar-refractivity contribution is -0.119. The number of nitrogens with zero attached hydrogens (tertiary/aromatic N) is 2. The fourth-order valence-corrected chi connectivity index (χ4v) is 4.84. The quantitative estimate of drug-likeness (QED) is 0.304. The summed E-state index contributed by atoms with van der Waals surface area (Å²) < 4.78 is 11.2. The second kappa shape index (κ2) is 9.46. The summed E-state index contributed by atoms with van der Waals surface area (Å²) in [5, 5.41) is 8.42. The first-order valence-corrected chi connectivity index (χ1v) is 12.0. The van der Waals surface area contributed by atoms with Gasteiger partial charge < -0.3 is 14.2 Å². The fourth-order valence-electron chi connectivity index (χ4n) is 3.19. The van der Waals surface area contributed by atoms with Gasteiger partial charge in [-0.15, -0.1) is 22.7 Å². The van der Waals surface area contributed by atoms with Crippen LogP contribution in [0.2, 0.25) is 0 Å². The molecule has 4 heterocycles. The maximum Gasteiger partial charge on any atom is 0.269 e. The minimum absolute atomic E-state index is 0.134. The molecule has 0 saturated carbocycles. The zero-order valence-electron chi connectivity index (χ0n) is 17.9. The predicted molar refractivity (Wildman–Crippen MR) is 131 cm³/mol. The van der Waals surface area contributed by atoms with Crippen LogP contribution in [-0.2, 0) is 11.3 Å². The van der Waals surface area contributed by atoms with Gasteiger partial charge >= 0.3 is 0 Å². The highest BCUT2D eigenvalue weighted by atomic mass is 32.1. The number of hydrogen-bond donors (Lipinski definition) is 2. The van der Waals surface area contributed by atoms with Gasteiger partial charge in [0.25, 0.3) is 5.91 Å². The number of benzene rings is 1. The van der Waals surface area contributed by atoms with E-state index in [-0.39, 0.29) is 11.8 Å². The van der Waals surface area contributed by atoms with Gasteiger partial charge in [-0.2, -0.15) is 0 Å². The van der Waals surface area contributed by atoms with Gasteiger partial charge in [-0.25, -0.2) is 9.97 Å². The molecule has 8 nitrogen and oxygen atoms in total. The van der Waals surface area contributed by atoms with Gasteiger partial charge in [0.2, 0.25) is 5.91 Å². The summed E-state index contributed by atoms with van der Waals surface area (Å²) in [6, 6.07) is 16.7. The van der Waals surface area contributed by atoms with E-state index in [1.807, 2.05) is 36.4 Å². The van der Waals surface area contributed by atoms with Crippen molar-refractivity contribution in [1.82, 2.24) is 15.3 Å². The van der Waals surface area contributed by atoms with Crippen LogP contribution >= 0.6 is 22.7 Å². The van der Waals surface area contributed by atoms with E-state index < -0.39 is 0 Å². The number of rotatable bonds is 7. The number of furan rings is 2. The Morgan fingerprint density at radius 3 is 2.62 bits per heavy atom. The van der Waals surface area contributed by atoms with Crippen molar-refractivity contribution in [3.05, 3.63) is 76.9 Å². The van der Waals surface area contributed by atoms with Crippen molar-refractivity contribution in [3.8, 4) is 33.5 Å². The van der Waals surface area contributed by atoms with Gasteiger partial charge in [0.05, 0.1) is 18.5 Å². The first-order valence-electron chi connectivity index (χ1n) is 10.3. The Balaban J connectivity index is 1.38. The van der Waals surface area contributed by atoms with Crippen LogP contribution in [0.5, 0.6) is 0 Å². The number of hydrogen-bond acceptors (Lipinski definition) is 8. The molecule has 0 radical (unpaired) electrons. The standard InChI is InChI=1S/C24H18N4O4S2/c1-14(29)25-12-16-9-10-18(32-16)17-13-33-24(26-17)28-22(30)21-20(15-6-3-2-4-7-15)27-23(34-21)19-8-5-11-31-19/h2-11,13H,12H2,1H3,(H,25,29)(H,26,28,30). The molecular formula is C24H18N4O4S2. The van der Waals surface area contributed by atoms with Gasteiger partial charge in [-0.3, -0.25) is 14.9 Å². The molecule has 1 aromatic carbocycles. The summed E-state index contributed by atoms with van der Waals surface area (Å²) in [7, 11) is 0.